The van der Waals surface area contributed by atoms with E-state index in [4.69, 9.17) is 21.1 Å². The minimum Gasteiger partial charge on any atom is -0.490 e. The van der Waals surface area contributed by atoms with Gasteiger partial charge in [-0.2, -0.15) is 5.26 Å². The van der Waals surface area contributed by atoms with Gasteiger partial charge in [-0.15, -0.1) is 6.58 Å². The average Bonchev–Trinajstić information content (AvgIpc) is 2.72. The van der Waals surface area contributed by atoms with Crippen LogP contribution in [0.15, 0.2) is 67.3 Å². The number of benzene rings is 2. The number of hydrogen-bond acceptors (Lipinski definition) is 4. The molecule has 0 bridgehead atoms. The van der Waals surface area contributed by atoms with Gasteiger partial charge in [0.25, 0.3) is 5.91 Å². The molecule has 0 aliphatic carbocycles. The highest BCUT2D eigenvalue weighted by Crippen LogP contribution is 2.34. The van der Waals surface area contributed by atoms with Crippen molar-refractivity contribution >= 4 is 29.3 Å². The molecule has 0 spiro atoms. The Bertz CT molecular complexity index is 1010. The SMILES string of the molecule is C=CCOc1c(CC=C)cc(/C=C(\C#N)C(=O)Nc2cccc(Cl)c2)cc1OCC. The first-order valence-corrected chi connectivity index (χ1v) is 9.73. The lowest BCUT2D eigenvalue weighted by Crippen LogP contribution is -2.13. The highest BCUT2D eigenvalue weighted by Gasteiger charge is 2.15. The predicted molar refractivity (Wildman–Crippen MR) is 121 cm³/mol. The average molecular weight is 423 g/mol. The largest absolute Gasteiger partial charge is 0.490 e. The molecular formula is C24H23ClN2O3. The van der Waals surface area contributed by atoms with Crippen LogP contribution in [-0.4, -0.2) is 19.1 Å². The van der Waals surface area contributed by atoms with Crippen molar-refractivity contribution in [3.05, 3.63) is 83.4 Å². The minimum absolute atomic E-state index is 0.0539. The zero-order valence-electron chi connectivity index (χ0n) is 16.8. The van der Waals surface area contributed by atoms with Gasteiger partial charge in [0.1, 0.15) is 18.2 Å². The van der Waals surface area contributed by atoms with E-state index in [9.17, 15) is 10.1 Å². The van der Waals surface area contributed by atoms with Gasteiger partial charge in [0.2, 0.25) is 0 Å². The number of rotatable bonds is 10. The van der Waals surface area contributed by atoms with Crippen molar-refractivity contribution in [2.24, 2.45) is 0 Å². The topological polar surface area (TPSA) is 71.3 Å². The van der Waals surface area contributed by atoms with Crippen molar-refractivity contribution in [1.82, 2.24) is 0 Å². The van der Waals surface area contributed by atoms with Crippen molar-refractivity contribution in [3.8, 4) is 17.6 Å². The summed E-state index contributed by atoms with van der Waals surface area (Å²) in [4.78, 5) is 12.6. The highest BCUT2D eigenvalue weighted by atomic mass is 35.5. The molecule has 0 aromatic heterocycles. The molecule has 154 valence electrons. The van der Waals surface area contributed by atoms with Crippen molar-refractivity contribution in [2.75, 3.05) is 18.5 Å². The third-order valence-electron chi connectivity index (χ3n) is 3.92. The third kappa shape index (κ3) is 6.26. The van der Waals surface area contributed by atoms with Gasteiger partial charge in [-0.25, -0.2) is 0 Å². The van der Waals surface area contributed by atoms with E-state index in [0.29, 0.717) is 47.4 Å². The summed E-state index contributed by atoms with van der Waals surface area (Å²) in [7, 11) is 0. The summed E-state index contributed by atoms with van der Waals surface area (Å²) in [5, 5.41) is 12.7. The van der Waals surface area contributed by atoms with Crippen LogP contribution in [0.3, 0.4) is 0 Å². The van der Waals surface area contributed by atoms with E-state index in [0.717, 1.165) is 5.56 Å². The summed E-state index contributed by atoms with van der Waals surface area (Å²) in [6.07, 6.45) is 5.43. The molecule has 2 aromatic carbocycles. The smallest absolute Gasteiger partial charge is 0.266 e. The summed E-state index contributed by atoms with van der Waals surface area (Å²) in [6, 6.07) is 12.2. The fraction of sp³-hybridized carbons (Fsp3) is 0.167. The van der Waals surface area contributed by atoms with Gasteiger partial charge >= 0.3 is 0 Å². The third-order valence-corrected chi connectivity index (χ3v) is 4.16. The van der Waals surface area contributed by atoms with Crippen molar-refractivity contribution in [1.29, 1.82) is 5.26 Å². The fourth-order valence-electron chi connectivity index (χ4n) is 2.72. The number of allylic oxidation sites excluding steroid dienone is 1. The van der Waals surface area contributed by atoms with Crippen LogP contribution >= 0.6 is 11.6 Å². The summed E-state index contributed by atoms with van der Waals surface area (Å²) >= 11 is 5.95. The number of nitrogens with zero attached hydrogens (tertiary/aromatic N) is 1. The van der Waals surface area contributed by atoms with Crippen LogP contribution in [0.4, 0.5) is 5.69 Å². The van der Waals surface area contributed by atoms with Crippen molar-refractivity contribution < 1.29 is 14.3 Å². The van der Waals surface area contributed by atoms with Crippen LogP contribution in [-0.2, 0) is 11.2 Å². The summed E-state index contributed by atoms with van der Waals surface area (Å²) < 4.78 is 11.5. The second-order valence-corrected chi connectivity index (χ2v) is 6.60. The van der Waals surface area contributed by atoms with E-state index < -0.39 is 5.91 Å². The Labute approximate surface area is 181 Å². The predicted octanol–water partition coefficient (Wildman–Crippen LogP) is 5.58. The first kappa shape index (κ1) is 22.8. The highest BCUT2D eigenvalue weighted by molar-refractivity contribution is 6.31. The lowest BCUT2D eigenvalue weighted by Gasteiger charge is -2.16. The standard InChI is InChI=1S/C24H23ClN2O3/c1-4-8-18-12-17(14-22(29-6-3)23(18)30-11-5-2)13-19(16-26)24(28)27-21-10-7-9-20(25)15-21/h4-5,7,9-10,12-15H,1-2,6,8,11H2,3H3,(H,27,28)/b19-13+. The van der Waals surface area contributed by atoms with E-state index in [2.05, 4.69) is 18.5 Å². The molecule has 5 nitrogen and oxygen atoms in total. The Morgan fingerprint density at radius 1 is 1.23 bits per heavy atom. The van der Waals surface area contributed by atoms with Crippen LogP contribution in [0.5, 0.6) is 11.5 Å². The normalized spacial score (nSPS) is 10.6. The van der Waals surface area contributed by atoms with Gasteiger partial charge in [0.15, 0.2) is 11.5 Å². The molecule has 0 unspecified atom stereocenters. The molecule has 2 rings (SSSR count). The lowest BCUT2D eigenvalue weighted by atomic mass is 10.0. The number of carbonyl (C=O) groups excluding carboxylic acids is 1. The van der Waals surface area contributed by atoms with Crippen LogP contribution in [0.1, 0.15) is 18.1 Å². The van der Waals surface area contributed by atoms with Crippen molar-refractivity contribution in [3.63, 3.8) is 0 Å². The first-order chi connectivity index (χ1) is 14.5. The monoisotopic (exact) mass is 422 g/mol. The van der Waals surface area contributed by atoms with Gasteiger partial charge in [-0.05, 0) is 55.3 Å². The van der Waals surface area contributed by atoms with Crippen LogP contribution in [0, 0.1) is 11.3 Å². The number of amides is 1. The van der Waals surface area contributed by atoms with Crippen LogP contribution in [0.2, 0.25) is 5.02 Å². The maximum Gasteiger partial charge on any atom is 0.266 e. The Kier molecular flexibility index (Phi) is 8.74. The maximum atomic E-state index is 12.6. The summed E-state index contributed by atoms with van der Waals surface area (Å²) in [5.41, 5.74) is 1.92. The molecule has 1 amide bonds. The zero-order valence-corrected chi connectivity index (χ0v) is 17.5. The molecule has 0 atom stereocenters. The first-order valence-electron chi connectivity index (χ1n) is 9.35. The molecular weight excluding hydrogens is 400 g/mol. The Hall–Kier alpha value is -3.49. The van der Waals surface area contributed by atoms with Crippen molar-refractivity contribution in [2.45, 2.75) is 13.3 Å². The molecule has 0 saturated carbocycles. The molecule has 6 heteroatoms. The number of anilines is 1. The molecule has 0 saturated heterocycles. The summed E-state index contributed by atoms with van der Waals surface area (Å²) in [5.74, 6) is 0.586. The molecule has 0 fully saturated rings. The molecule has 0 radical (unpaired) electrons. The van der Waals surface area contributed by atoms with E-state index in [1.807, 2.05) is 19.1 Å². The number of hydrogen-bond donors (Lipinski definition) is 1. The molecule has 0 aliphatic heterocycles. The second-order valence-electron chi connectivity index (χ2n) is 6.17. The van der Waals surface area contributed by atoms with Crippen LogP contribution < -0.4 is 14.8 Å². The van der Waals surface area contributed by atoms with E-state index >= 15 is 0 Å². The second kappa shape index (κ2) is 11.5. The summed E-state index contributed by atoms with van der Waals surface area (Å²) in [6.45, 7) is 10.1. The van der Waals surface area contributed by atoms with E-state index in [-0.39, 0.29) is 5.57 Å². The number of carbonyl (C=O) groups is 1. The van der Waals surface area contributed by atoms with Gasteiger partial charge in [-0.1, -0.05) is 36.4 Å². The van der Waals surface area contributed by atoms with Gasteiger partial charge in [-0.3, -0.25) is 4.79 Å². The number of halogens is 1. The minimum atomic E-state index is -0.532. The van der Waals surface area contributed by atoms with Gasteiger partial charge < -0.3 is 14.8 Å². The number of ether oxygens (including phenoxy) is 2. The number of nitriles is 1. The zero-order chi connectivity index (χ0) is 21.9. The molecule has 2 aromatic rings. The van der Waals surface area contributed by atoms with Gasteiger partial charge in [0.05, 0.1) is 6.61 Å². The van der Waals surface area contributed by atoms with Gasteiger partial charge in [0, 0.05) is 16.3 Å². The van der Waals surface area contributed by atoms with E-state index in [1.54, 1.807) is 42.5 Å². The Morgan fingerprint density at radius 3 is 2.67 bits per heavy atom. The molecule has 0 aliphatic rings. The van der Waals surface area contributed by atoms with E-state index in [1.165, 1.54) is 6.08 Å². The lowest BCUT2D eigenvalue weighted by molar-refractivity contribution is -0.112. The number of nitrogens with one attached hydrogen (secondary N) is 1. The molecule has 30 heavy (non-hydrogen) atoms. The molecule has 0 heterocycles. The molecule has 1 N–H and O–H groups in total. The quantitative estimate of drug-likeness (QED) is 0.308. The maximum absolute atomic E-state index is 12.6. The Balaban J connectivity index is 2.42. The van der Waals surface area contributed by atoms with Crippen LogP contribution in [0.25, 0.3) is 6.08 Å². The fourth-order valence-corrected chi connectivity index (χ4v) is 2.91. The Morgan fingerprint density at radius 2 is 2.03 bits per heavy atom.